The third kappa shape index (κ3) is 3.73. The van der Waals surface area contributed by atoms with Gasteiger partial charge in [-0.05, 0) is 67.6 Å². The lowest BCUT2D eigenvalue weighted by Crippen LogP contribution is -2.27. The highest BCUT2D eigenvalue weighted by Gasteiger charge is 2.27. The van der Waals surface area contributed by atoms with Crippen LogP contribution in [0.4, 0.5) is 4.39 Å². The molecule has 1 aromatic heterocycles. The van der Waals surface area contributed by atoms with E-state index in [-0.39, 0.29) is 11.4 Å². The van der Waals surface area contributed by atoms with E-state index in [1.54, 1.807) is 35.8 Å². The van der Waals surface area contributed by atoms with Crippen LogP contribution in [0.15, 0.2) is 47.4 Å². The minimum atomic E-state index is -3.53. The van der Waals surface area contributed by atoms with E-state index in [0.29, 0.717) is 30.4 Å². The summed E-state index contributed by atoms with van der Waals surface area (Å²) in [4.78, 5) is 11.6. The zero-order valence-corrected chi connectivity index (χ0v) is 17.5. The molecule has 158 valence electrons. The van der Waals surface area contributed by atoms with Crippen molar-refractivity contribution < 1.29 is 22.7 Å². The Balaban J connectivity index is 1.75. The molecule has 6 nitrogen and oxygen atoms in total. The highest BCUT2D eigenvalue weighted by Crippen LogP contribution is 2.30. The normalized spacial score (nSPS) is 15.1. The molecule has 1 aliphatic rings. The second-order valence-corrected chi connectivity index (χ2v) is 9.58. The first-order valence-corrected chi connectivity index (χ1v) is 11.3. The zero-order chi connectivity index (χ0) is 21.5. The maximum Gasteiger partial charge on any atom is 0.323 e. The third-order valence-electron chi connectivity index (χ3n) is 5.69. The number of halogens is 1. The maximum absolute atomic E-state index is 13.9. The van der Waals surface area contributed by atoms with E-state index >= 15 is 0 Å². The smallest absolute Gasteiger partial charge is 0.323 e. The molecule has 0 amide bonds. The molecule has 8 heteroatoms. The summed E-state index contributed by atoms with van der Waals surface area (Å²) in [5.41, 5.74) is 2.94. The van der Waals surface area contributed by atoms with Crippen molar-refractivity contribution in [3.8, 4) is 0 Å². The molecule has 2 aromatic carbocycles. The number of rotatable bonds is 6. The standard InChI is InChI=1S/C22H23FN2O4S/c1-15-19(20-13-17(23)7-8-21(20)25(15)14-22(26)27)12-16-5-4-6-18(11-16)30(28,29)24-9-2-3-10-24/h4-8,11,13H,2-3,9-10,12,14H2,1H3,(H,26,27). The second kappa shape index (κ2) is 7.85. The minimum absolute atomic E-state index is 0.225. The number of fused-ring (bicyclic) bond motifs is 1. The Morgan fingerprint density at radius 2 is 1.87 bits per heavy atom. The van der Waals surface area contributed by atoms with Gasteiger partial charge in [0.15, 0.2) is 0 Å². The Morgan fingerprint density at radius 3 is 2.57 bits per heavy atom. The molecular formula is C22H23FN2O4S. The molecule has 0 unspecified atom stereocenters. The topological polar surface area (TPSA) is 79.6 Å². The number of aromatic nitrogens is 1. The third-order valence-corrected chi connectivity index (χ3v) is 7.59. The van der Waals surface area contributed by atoms with Crippen molar-refractivity contribution in [3.63, 3.8) is 0 Å². The molecule has 0 saturated carbocycles. The van der Waals surface area contributed by atoms with Gasteiger partial charge in [-0.15, -0.1) is 0 Å². The predicted molar refractivity (Wildman–Crippen MR) is 112 cm³/mol. The van der Waals surface area contributed by atoms with E-state index in [1.807, 2.05) is 6.07 Å². The van der Waals surface area contributed by atoms with Crippen LogP contribution in [0.25, 0.3) is 10.9 Å². The summed E-state index contributed by atoms with van der Waals surface area (Å²) in [7, 11) is -3.53. The van der Waals surface area contributed by atoms with Crippen LogP contribution in [0.5, 0.6) is 0 Å². The van der Waals surface area contributed by atoms with E-state index in [0.717, 1.165) is 29.7 Å². The summed E-state index contributed by atoms with van der Waals surface area (Å²) in [5.74, 6) is -1.38. The van der Waals surface area contributed by atoms with E-state index in [1.165, 1.54) is 16.4 Å². The number of sulfonamides is 1. The van der Waals surface area contributed by atoms with Gasteiger partial charge in [0.1, 0.15) is 12.4 Å². The predicted octanol–water partition coefficient (Wildman–Crippen LogP) is 3.55. The number of carbonyl (C=O) groups is 1. The molecule has 0 atom stereocenters. The first-order valence-electron chi connectivity index (χ1n) is 9.85. The van der Waals surface area contributed by atoms with Crippen LogP contribution in [0, 0.1) is 12.7 Å². The van der Waals surface area contributed by atoms with Gasteiger partial charge >= 0.3 is 5.97 Å². The summed E-state index contributed by atoms with van der Waals surface area (Å²) in [6, 6.07) is 11.1. The molecule has 1 saturated heterocycles. The number of carboxylic acid groups (broad SMARTS) is 1. The molecule has 0 aliphatic carbocycles. The van der Waals surface area contributed by atoms with Crippen molar-refractivity contribution in [1.82, 2.24) is 8.87 Å². The van der Waals surface area contributed by atoms with Crippen molar-refractivity contribution in [1.29, 1.82) is 0 Å². The van der Waals surface area contributed by atoms with Crippen LogP contribution < -0.4 is 0 Å². The highest BCUT2D eigenvalue weighted by molar-refractivity contribution is 7.89. The van der Waals surface area contributed by atoms with Crippen molar-refractivity contribution in [2.24, 2.45) is 0 Å². The SMILES string of the molecule is Cc1c(Cc2cccc(S(=O)(=O)N3CCCC3)c2)c2cc(F)ccc2n1CC(=O)O. The van der Waals surface area contributed by atoms with Gasteiger partial charge in [-0.25, -0.2) is 12.8 Å². The summed E-state index contributed by atoms with van der Waals surface area (Å²) in [6.45, 7) is 2.65. The molecule has 0 spiro atoms. The quantitative estimate of drug-likeness (QED) is 0.649. The Morgan fingerprint density at radius 1 is 1.13 bits per heavy atom. The van der Waals surface area contributed by atoms with Gasteiger partial charge in [-0.2, -0.15) is 4.31 Å². The number of hydrogen-bond acceptors (Lipinski definition) is 3. The van der Waals surface area contributed by atoms with Gasteiger partial charge in [-0.1, -0.05) is 12.1 Å². The number of aliphatic carboxylic acids is 1. The Hall–Kier alpha value is -2.71. The van der Waals surface area contributed by atoms with Crippen LogP contribution in [0.3, 0.4) is 0 Å². The molecule has 1 aliphatic heterocycles. The maximum atomic E-state index is 13.9. The molecule has 1 fully saturated rings. The van der Waals surface area contributed by atoms with Gasteiger partial charge in [0.25, 0.3) is 0 Å². The van der Waals surface area contributed by atoms with E-state index in [4.69, 9.17) is 0 Å². The van der Waals surface area contributed by atoms with Gasteiger partial charge in [0.05, 0.1) is 4.90 Å². The molecule has 0 radical (unpaired) electrons. The van der Waals surface area contributed by atoms with Gasteiger partial charge in [-0.3, -0.25) is 4.79 Å². The van der Waals surface area contributed by atoms with Crippen LogP contribution in [0.1, 0.15) is 29.7 Å². The number of carboxylic acids is 1. The fourth-order valence-electron chi connectivity index (χ4n) is 4.18. The minimum Gasteiger partial charge on any atom is -0.480 e. The van der Waals surface area contributed by atoms with Crippen LogP contribution >= 0.6 is 0 Å². The second-order valence-electron chi connectivity index (χ2n) is 7.64. The van der Waals surface area contributed by atoms with Gasteiger partial charge < -0.3 is 9.67 Å². The Labute approximate surface area is 174 Å². The monoisotopic (exact) mass is 430 g/mol. The summed E-state index contributed by atoms with van der Waals surface area (Å²) < 4.78 is 42.9. The van der Waals surface area contributed by atoms with E-state index in [2.05, 4.69) is 0 Å². The van der Waals surface area contributed by atoms with Gasteiger partial charge in [0.2, 0.25) is 10.0 Å². The number of benzene rings is 2. The van der Waals surface area contributed by atoms with Crippen LogP contribution in [-0.2, 0) is 27.8 Å². The average Bonchev–Trinajstić information content (AvgIpc) is 3.32. The van der Waals surface area contributed by atoms with E-state index in [9.17, 15) is 22.7 Å². The molecular weight excluding hydrogens is 407 g/mol. The molecule has 0 bridgehead atoms. The molecule has 30 heavy (non-hydrogen) atoms. The van der Waals surface area contributed by atoms with Crippen molar-refractivity contribution >= 4 is 26.9 Å². The summed E-state index contributed by atoms with van der Waals surface area (Å²) in [6.07, 6.45) is 2.11. The molecule has 1 N–H and O–H groups in total. The largest absolute Gasteiger partial charge is 0.480 e. The molecule has 2 heterocycles. The summed E-state index contributed by atoms with van der Waals surface area (Å²) >= 11 is 0. The van der Waals surface area contributed by atoms with Gasteiger partial charge in [0, 0.05) is 29.7 Å². The highest BCUT2D eigenvalue weighted by atomic mass is 32.2. The first kappa shape index (κ1) is 20.6. The molecule has 3 aromatic rings. The van der Waals surface area contributed by atoms with Crippen LogP contribution in [-0.4, -0.2) is 41.5 Å². The fourth-order valence-corrected chi connectivity index (χ4v) is 5.77. The average molecular weight is 431 g/mol. The lowest BCUT2D eigenvalue weighted by molar-refractivity contribution is -0.137. The first-order chi connectivity index (χ1) is 14.3. The van der Waals surface area contributed by atoms with Crippen molar-refractivity contribution in [2.45, 2.75) is 37.6 Å². The zero-order valence-electron chi connectivity index (χ0n) is 16.6. The fraction of sp³-hybridized carbons (Fsp3) is 0.318. The number of nitrogens with zero attached hydrogens (tertiary/aromatic N) is 2. The summed E-state index contributed by atoms with van der Waals surface area (Å²) in [5, 5.41) is 9.91. The lowest BCUT2D eigenvalue weighted by Gasteiger charge is -2.16. The number of hydrogen-bond donors (Lipinski definition) is 1. The van der Waals surface area contributed by atoms with Crippen LogP contribution in [0.2, 0.25) is 0 Å². The van der Waals surface area contributed by atoms with Crippen molar-refractivity contribution in [3.05, 3.63) is 65.1 Å². The van der Waals surface area contributed by atoms with Crippen molar-refractivity contribution in [2.75, 3.05) is 13.1 Å². The Kier molecular flexibility index (Phi) is 5.38. The molecule has 4 rings (SSSR count). The lowest BCUT2D eigenvalue weighted by atomic mass is 10.0. The Bertz CT molecular complexity index is 1230. The van der Waals surface area contributed by atoms with E-state index < -0.39 is 21.8 Å².